The Morgan fingerprint density at radius 2 is 0.917 bits per heavy atom. The first-order valence-corrected chi connectivity index (χ1v) is 33.7. The SMILES string of the molecule is Cc1cc(C)c(C)c(-c2cccc3c2C=C(C(C)(C)C)[CH]3[Zr]([Cl])([Cl])([c]2cccc3c2[SiH2]c2ccccc2-3)[CH]2C(C(C)(C)C)=Cc3c(-c4cc(C)cc(C)c4C)cccc32)c1. The Morgan fingerprint density at radius 3 is 1.40 bits per heavy atom. The van der Waals surface area contributed by atoms with Crippen molar-refractivity contribution >= 4 is 52.3 Å². The third kappa shape index (κ3) is 6.28. The van der Waals surface area contributed by atoms with Crippen LogP contribution in [0.5, 0.6) is 0 Å². The van der Waals surface area contributed by atoms with E-state index < -0.39 is 25.9 Å². The van der Waals surface area contributed by atoms with Gasteiger partial charge in [-0.25, -0.2) is 0 Å². The van der Waals surface area contributed by atoms with Crippen LogP contribution in [0, 0.1) is 52.4 Å². The van der Waals surface area contributed by atoms with Gasteiger partial charge in [0.1, 0.15) is 0 Å². The monoisotopic (exact) mass is 919 g/mol. The summed E-state index contributed by atoms with van der Waals surface area (Å²) >= 11 is -5.78. The summed E-state index contributed by atoms with van der Waals surface area (Å²) < 4.78 is 0.962. The van der Waals surface area contributed by atoms with E-state index in [0.717, 1.165) is 0 Å². The Hall–Kier alpha value is -3.52. The van der Waals surface area contributed by atoms with E-state index in [1.165, 1.54) is 114 Å². The molecule has 0 saturated heterocycles. The van der Waals surface area contributed by atoms with Crippen LogP contribution in [0.3, 0.4) is 0 Å². The summed E-state index contributed by atoms with van der Waals surface area (Å²) in [5, 5.41) is 2.95. The predicted octanol–water partition coefficient (Wildman–Crippen LogP) is 14.0. The molecule has 2 unspecified atom stereocenters. The predicted molar refractivity (Wildman–Crippen MR) is 264 cm³/mol. The van der Waals surface area contributed by atoms with Crippen molar-refractivity contribution in [3.63, 3.8) is 0 Å². The molecule has 6 aromatic rings. The molecular formula is C56H59Cl2SiZr. The fourth-order valence-electron chi connectivity index (χ4n) is 11.4. The van der Waals surface area contributed by atoms with Crippen LogP contribution in [0.25, 0.3) is 45.5 Å². The van der Waals surface area contributed by atoms with Crippen molar-refractivity contribution in [2.75, 3.05) is 0 Å². The molecule has 0 saturated carbocycles. The minimum absolute atomic E-state index is 0.159. The number of fused-ring (bicyclic) bond motifs is 5. The molecule has 2 atom stereocenters. The number of rotatable bonds is 5. The van der Waals surface area contributed by atoms with E-state index in [4.69, 9.17) is 0 Å². The molecule has 1 aliphatic heterocycles. The van der Waals surface area contributed by atoms with Gasteiger partial charge in [-0.05, 0) is 0 Å². The van der Waals surface area contributed by atoms with Gasteiger partial charge in [0.15, 0.2) is 0 Å². The van der Waals surface area contributed by atoms with Gasteiger partial charge in [-0.3, -0.25) is 0 Å². The fraction of sp³-hybridized carbons (Fsp3) is 0.286. The topological polar surface area (TPSA) is 0 Å². The normalized spacial score (nSPS) is 18.1. The number of hydrogen-bond donors (Lipinski definition) is 0. The van der Waals surface area contributed by atoms with Gasteiger partial charge in [0.05, 0.1) is 0 Å². The molecule has 0 radical (unpaired) electrons. The van der Waals surface area contributed by atoms with Crippen molar-refractivity contribution in [3.8, 4) is 33.4 Å². The van der Waals surface area contributed by atoms with E-state index in [2.05, 4.69) is 198 Å². The Morgan fingerprint density at radius 1 is 0.483 bits per heavy atom. The third-order valence-electron chi connectivity index (χ3n) is 14.5. The summed E-state index contributed by atoms with van der Waals surface area (Å²) in [4.78, 5) is 0. The molecule has 0 bridgehead atoms. The maximum atomic E-state index is 9.49. The second-order valence-electron chi connectivity index (χ2n) is 20.5. The second kappa shape index (κ2) is 14.3. The van der Waals surface area contributed by atoms with Crippen LogP contribution >= 0.6 is 17.0 Å². The van der Waals surface area contributed by atoms with E-state index >= 15 is 0 Å². The average Bonchev–Trinajstić information content (AvgIpc) is 3.90. The van der Waals surface area contributed by atoms with Gasteiger partial charge in [-0.2, -0.15) is 0 Å². The molecule has 305 valence electrons. The van der Waals surface area contributed by atoms with Gasteiger partial charge in [0.2, 0.25) is 0 Å². The molecule has 1 heterocycles. The Balaban J connectivity index is 1.42. The van der Waals surface area contributed by atoms with Crippen molar-refractivity contribution in [2.24, 2.45) is 10.8 Å². The van der Waals surface area contributed by atoms with Gasteiger partial charge in [-0.1, -0.05) is 0 Å². The Bertz CT molecular complexity index is 2730. The standard InChI is InChI=1S/2C22H25.C12H9Si.2ClH.Zr/c2*1-14-10-15(2)16(3)20(11-14)19-9-7-8-17-12-18(13-21(17)19)22(4,5)6;1-3-7-11-9(5-1)10-6-2-4-8-12(10)13-11;;;/h2*7-13H,1-6H3;1-7H,13H2;2*1H;/q;;;;;+2/p-2. The quantitative estimate of drug-likeness (QED) is 0.151. The molecule has 0 spiro atoms. The van der Waals surface area contributed by atoms with Crippen LogP contribution in [0.2, 0.25) is 0 Å². The number of aryl methyl sites for hydroxylation is 4. The molecule has 4 heteroatoms. The van der Waals surface area contributed by atoms with Crippen molar-refractivity contribution in [1.29, 1.82) is 0 Å². The Kier molecular flexibility index (Phi) is 9.93. The Labute approximate surface area is 370 Å². The van der Waals surface area contributed by atoms with E-state index in [0.29, 0.717) is 0 Å². The molecule has 60 heavy (non-hydrogen) atoms. The molecule has 2 aliphatic carbocycles. The van der Waals surface area contributed by atoms with E-state index in [1.807, 2.05) is 0 Å². The van der Waals surface area contributed by atoms with Gasteiger partial charge < -0.3 is 0 Å². The van der Waals surface area contributed by atoms with Gasteiger partial charge in [0.25, 0.3) is 0 Å². The zero-order valence-corrected chi connectivity index (χ0v) is 43.0. The summed E-state index contributed by atoms with van der Waals surface area (Å²) in [7, 11) is 18.1. The fourth-order valence-corrected chi connectivity index (χ4v) is 39.8. The average molecular weight is 922 g/mol. The molecule has 0 nitrogen and oxygen atoms in total. The maximum absolute atomic E-state index is 9.49. The van der Waals surface area contributed by atoms with E-state index in [9.17, 15) is 17.0 Å². The summed E-state index contributed by atoms with van der Waals surface area (Å²) in [6, 6.07) is 39.4. The first-order valence-electron chi connectivity index (χ1n) is 21.8. The summed E-state index contributed by atoms with van der Waals surface area (Å²) in [6.07, 6.45) is 5.07. The molecule has 0 amide bonds. The van der Waals surface area contributed by atoms with E-state index in [-0.39, 0.29) is 18.1 Å². The van der Waals surface area contributed by atoms with Crippen molar-refractivity contribution in [3.05, 3.63) is 170 Å². The van der Waals surface area contributed by atoms with Gasteiger partial charge in [0, 0.05) is 0 Å². The zero-order chi connectivity index (χ0) is 42.9. The van der Waals surface area contributed by atoms with Crippen LogP contribution in [0.15, 0.2) is 114 Å². The minimum atomic E-state index is -5.78. The molecule has 3 aliphatic rings. The number of benzene rings is 6. The van der Waals surface area contributed by atoms with Crippen molar-refractivity contribution < 1.29 is 16.4 Å². The van der Waals surface area contributed by atoms with Crippen LogP contribution in [0.4, 0.5) is 0 Å². The summed E-state index contributed by atoms with van der Waals surface area (Å²) in [6.45, 7) is 27.8. The zero-order valence-electron chi connectivity index (χ0n) is 37.6. The first kappa shape index (κ1) is 41.8. The van der Waals surface area contributed by atoms with Crippen molar-refractivity contribution in [2.45, 2.75) is 90.3 Å². The molecule has 0 N–H and O–H groups in total. The number of hydrogen-bond acceptors (Lipinski definition) is 0. The molecular weight excluding hydrogens is 863 g/mol. The van der Waals surface area contributed by atoms with Crippen LogP contribution < -0.4 is 13.6 Å². The van der Waals surface area contributed by atoms with E-state index in [1.54, 1.807) is 0 Å². The number of allylic oxidation sites excluding steroid dienone is 2. The van der Waals surface area contributed by atoms with Crippen LogP contribution in [-0.2, 0) is 16.4 Å². The molecule has 0 aromatic heterocycles. The van der Waals surface area contributed by atoms with Crippen molar-refractivity contribution in [1.82, 2.24) is 0 Å². The second-order valence-corrected chi connectivity index (χ2v) is 42.9. The summed E-state index contributed by atoms with van der Waals surface area (Å²) in [5.74, 6) is 0. The number of halogens is 2. The first-order chi connectivity index (χ1) is 28.2. The summed E-state index contributed by atoms with van der Waals surface area (Å²) in [5.41, 5.74) is 23.2. The molecule has 0 fully saturated rings. The molecule has 6 aromatic carbocycles. The van der Waals surface area contributed by atoms with Gasteiger partial charge >= 0.3 is 373 Å². The van der Waals surface area contributed by atoms with Crippen LogP contribution in [0.1, 0.15) is 104 Å². The third-order valence-corrected chi connectivity index (χ3v) is 37.0. The molecule has 9 rings (SSSR count). The van der Waals surface area contributed by atoms with Gasteiger partial charge in [-0.15, -0.1) is 0 Å². The van der Waals surface area contributed by atoms with Crippen LogP contribution in [-0.4, -0.2) is 9.52 Å².